The summed E-state index contributed by atoms with van der Waals surface area (Å²) in [7, 11) is 0. The fraction of sp³-hybridized carbons (Fsp3) is 0.579. The van der Waals surface area contributed by atoms with Gasteiger partial charge >= 0.3 is 12.6 Å². The van der Waals surface area contributed by atoms with Crippen LogP contribution in [0.2, 0.25) is 0 Å². The number of nitrogens with one attached hydrogen (secondary N) is 1. The SMILES string of the molecule is CCCCCCC1(C)NC(=O)N(CC(O)c2ccc(OC(F)F)cc2)C1=O. The molecule has 2 N–H and O–H groups in total. The zero-order valence-electron chi connectivity index (χ0n) is 15.6. The third kappa shape index (κ3) is 5.38. The number of benzene rings is 1. The Morgan fingerprint density at radius 2 is 1.85 bits per heavy atom. The Balaban J connectivity index is 1.97. The molecule has 1 saturated heterocycles. The van der Waals surface area contributed by atoms with Gasteiger partial charge in [-0.1, -0.05) is 44.7 Å². The largest absolute Gasteiger partial charge is 0.435 e. The number of hydrogen-bond donors (Lipinski definition) is 2. The summed E-state index contributed by atoms with van der Waals surface area (Å²) in [6.45, 7) is 0.660. The van der Waals surface area contributed by atoms with Gasteiger partial charge in [0.2, 0.25) is 0 Å². The Morgan fingerprint density at radius 1 is 1.19 bits per heavy atom. The first-order valence-electron chi connectivity index (χ1n) is 9.14. The van der Waals surface area contributed by atoms with E-state index in [-0.39, 0.29) is 18.2 Å². The third-order valence-electron chi connectivity index (χ3n) is 4.72. The molecule has 1 aliphatic rings. The maximum absolute atomic E-state index is 12.7. The average molecular weight is 384 g/mol. The number of carbonyl (C=O) groups excluding carboxylic acids is 2. The second-order valence-corrected chi connectivity index (χ2v) is 6.95. The second kappa shape index (κ2) is 9.12. The first-order chi connectivity index (χ1) is 12.8. The number of aliphatic hydroxyl groups excluding tert-OH is 1. The van der Waals surface area contributed by atoms with E-state index in [4.69, 9.17) is 0 Å². The highest BCUT2D eigenvalue weighted by atomic mass is 19.3. The quantitative estimate of drug-likeness (QED) is 0.477. The van der Waals surface area contributed by atoms with Crippen LogP contribution in [0.3, 0.4) is 0 Å². The molecule has 150 valence electrons. The average Bonchev–Trinajstić information content (AvgIpc) is 2.82. The van der Waals surface area contributed by atoms with E-state index in [9.17, 15) is 23.5 Å². The smallest absolute Gasteiger partial charge is 0.387 e. The Kier molecular flexibility index (Phi) is 7.12. The van der Waals surface area contributed by atoms with Crippen LogP contribution < -0.4 is 10.1 Å². The number of imide groups is 1. The first kappa shape index (κ1) is 21.1. The van der Waals surface area contributed by atoms with Gasteiger partial charge in [-0.3, -0.25) is 9.69 Å². The highest BCUT2D eigenvalue weighted by molar-refractivity contribution is 6.06. The molecule has 0 aromatic heterocycles. The van der Waals surface area contributed by atoms with Crippen LogP contribution in [-0.2, 0) is 4.79 Å². The normalized spacial score (nSPS) is 20.9. The molecular weight excluding hydrogens is 358 g/mol. The number of carbonyl (C=O) groups is 2. The number of unbranched alkanes of at least 4 members (excludes halogenated alkanes) is 3. The van der Waals surface area contributed by atoms with E-state index in [1.54, 1.807) is 6.92 Å². The van der Waals surface area contributed by atoms with Crippen molar-refractivity contribution < 1.29 is 28.2 Å². The monoisotopic (exact) mass is 384 g/mol. The zero-order valence-corrected chi connectivity index (χ0v) is 15.6. The van der Waals surface area contributed by atoms with Crippen molar-refractivity contribution in [3.8, 4) is 5.75 Å². The van der Waals surface area contributed by atoms with Crippen molar-refractivity contribution in [1.29, 1.82) is 0 Å². The second-order valence-electron chi connectivity index (χ2n) is 6.95. The zero-order chi connectivity index (χ0) is 20.0. The minimum Gasteiger partial charge on any atom is -0.435 e. The molecule has 6 nitrogen and oxygen atoms in total. The maximum Gasteiger partial charge on any atom is 0.387 e. The fourth-order valence-electron chi connectivity index (χ4n) is 3.14. The minimum absolute atomic E-state index is 0.0319. The van der Waals surface area contributed by atoms with Gasteiger partial charge in [-0.25, -0.2) is 4.79 Å². The Hall–Kier alpha value is -2.22. The van der Waals surface area contributed by atoms with Crippen molar-refractivity contribution in [2.45, 2.75) is 64.2 Å². The van der Waals surface area contributed by atoms with Crippen molar-refractivity contribution in [1.82, 2.24) is 10.2 Å². The molecule has 1 aromatic rings. The third-order valence-corrected chi connectivity index (χ3v) is 4.72. The molecule has 2 rings (SSSR count). The molecule has 1 aliphatic heterocycles. The van der Waals surface area contributed by atoms with Gasteiger partial charge in [-0.2, -0.15) is 8.78 Å². The molecule has 8 heteroatoms. The lowest BCUT2D eigenvalue weighted by Gasteiger charge is -2.22. The van der Waals surface area contributed by atoms with Crippen LogP contribution in [0.25, 0.3) is 0 Å². The lowest BCUT2D eigenvalue weighted by molar-refractivity contribution is -0.132. The lowest BCUT2D eigenvalue weighted by atomic mass is 9.94. The van der Waals surface area contributed by atoms with Crippen molar-refractivity contribution in [2.24, 2.45) is 0 Å². The van der Waals surface area contributed by atoms with Gasteiger partial charge in [-0.05, 0) is 31.0 Å². The molecule has 0 saturated carbocycles. The number of ether oxygens (including phenoxy) is 1. The number of hydrogen-bond acceptors (Lipinski definition) is 4. The molecule has 1 fully saturated rings. The van der Waals surface area contributed by atoms with Gasteiger partial charge < -0.3 is 15.2 Å². The number of aliphatic hydroxyl groups is 1. The standard InChI is InChI=1S/C19H26F2N2O4/c1-3-4-5-6-11-19(2)16(25)23(18(26)22-19)12-15(24)13-7-9-14(10-8-13)27-17(20)21/h7-10,15,17,24H,3-6,11-12H2,1-2H3,(H,22,26). The molecule has 0 radical (unpaired) electrons. The van der Waals surface area contributed by atoms with E-state index in [1.807, 2.05) is 0 Å². The molecule has 1 aromatic carbocycles. The van der Waals surface area contributed by atoms with Crippen LogP contribution in [0.15, 0.2) is 24.3 Å². The number of β-amino-alcohol motifs (C(OH)–C–C–N with tert-alkyl or cyclic N) is 1. The molecule has 0 spiro atoms. The molecule has 1 heterocycles. The molecule has 2 atom stereocenters. The topological polar surface area (TPSA) is 78.9 Å². The summed E-state index contributed by atoms with van der Waals surface area (Å²) in [5, 5.41) is 13.1. The molecule has 3 amide bonds. The van der Waals surface area contributed by atoms with Crippen LogP contribution in [0.1, 0.15) is 57.6 Å². The molecular formula is C19H26F2N2O4. The molecule has 0 aliphatic carbocycles. The summed E-state index contributed by atoms with van der Waals surface area (Å²) in [6.07, 6.45) is 3.40. The molecule has 27 heavy (non-hydrogen) atoms. The van der Waals surface area contributed by atoms with Crippen molar-refractivity contribution in [3.05, 3.63) is 29.8 Å². The highest BCUT2D eigenvalue weighted by Crippen LogP contribution is 2.27. The number of urea groups is 1. The van der Waals surface area contributed by atoms with E-state index in [1.165, 1.54) is 24.3 Å². The van der Waals surface area contributed by atoms with Gasteiger partial charge in [0.15, 0.2) is 0 Å². The van der Waals surface area contributed by atoms with E-state index in [0.29, 0.717) is 12.0 Å². The predicted molar refractivity (Wildman–Crippen MR) is 95.4 cm³/mol. The van der Waals surface area contributed by atoms with Gasteiger partial charge in [0.1, 0.15) is 11.3 Å². The van der Waals surface area contributed by atoms with Gasteiger partial charge in [0.05, 0.1) is 12.6 Å². The van der Waals surface area contributed by atoms with E-state index >= 15 is 0 Å². The summed E-state index contributed by atoms with van der Waals surface area (Å²) in [4.78, 5) is 25.9. The van der Waals surface area contributed by atoms with E-state index < -0.39 is 24.3 Å². The van der Waals surface area contributed by atoms with Gasteiger partial charge in [0, 0.05) is 0 Å². The Morgan fingerprint density at radius 3 is 2.44 bits per heavy atom. The predicted octanol–water partition coefficient (Wildman–Crippen LogP) is 3.60. The van der Waals surface area contributed by atoms with E-state index in [2.05, 4.69) is 17.0 Å². The highest BCUT2D eigenvalue weighted by Gasteiger charge is 2.47. The van der Waals surface area contributed by atoms with Crippen LogP contribution >= 0.6 is 0 Å². The summed E-state index contributed by atoms with van der Waals surface area (Å²) in [6, 6.07) is 4.91. The summed E-state index contributed by atoms with van der Waals surface area (Å²) < 4.78 is 28.6. The Bertz CT molecular complexity index is 654. The lowest BCUT2D eigenvalue weighted by Crippen LogP contribution is -2.44. The van der Waals surface area contributed by atoms with Crippen LogP contribution in [0.4, 0.5) is 13.6 Å². The Labute approximate surface area is 157 Å². The first-order valence-corrected chi connectivity index (χ1v) is 9.14. The van der Waals surface area contributed by atoms with Crippen LogP contribution in [0, 0.1) is 0 Å². The maximum atomic E-state index is 12.7. The minimum atomic E-state index is -2.93. The van der Waals surface area contributed by atoms with Gasteiger partial charge in [0.25, 0.3) is 5.91 Å². The number of alkyl halides is 2. The summed E-state index contributed by atoms with van der Waals surface area (Å²) >= 11 is 0. The molecule has 0 bridgehead atoms. The number of rotatable bonds is 10. The van der Waals surface area contributed by atoms with Crippen LogP contribution in [-0.4, -0.2) is 40.6 Å². The summed E-state index contributed by atoms with van der Waals surface area (Å²) in [5.41, 5.74) is -0.562. The number of halogens is 2. The van der Waals surface area contributed by atoms with Crippen molar-refractivity contribution in [3.63, 3.8) is 0 Å². The fourth-order valence-corrected chi connectivity index (χ4v) is 3.14. The van der Waals surface area contributed by atoms with Crippen LogP contribution in [0.5, 0.6) is 5.75 Å². The number of nitrogens with zero attached hydrogens (tertiary/aromatic N) is 1. The van der Waals surface area contributed by atoms with Gasteiger partial charge in [-0.15, -0.1) is 0 Å². The number of amides is 3. The van der Waals surface area contributed by atoms with E-state index in [0.717, 1.165) is 30.6 Å². The molecule has 2 unspecified atom stereocenters. The van der Waals surface area contributed by atoms with Crippen molar-refractivity contribution >= 4 is 11.9 Å². The van der Waals surface area contributed by atoms with Crippen molar-refractivity contribution in [2.75, 3.05) is 6.54 Å². The summed E-state index contributed by atoms with van der Waals surface area (Å²) in [5.74, 6) is -0.392.